The highest BCUT2D eigenvalue weighted by molar-refractivity contribution is 5.39. The molecule has 1 aromatic heterocycles. The summed E-state index contributed by atoms with van der Waals surface area (Å²) in [5.41, 5.74) is 1.23. The van der Waals surface area contributed by atoms with Gasteiger partial charge >= 0.3 is 0 Å². The molecule has 0 spiro atoms. The number of rotatable bonds is 5. The van der Waals surface area contributed by atoms with E-state index >= 15 is 0 Å². The zero-order chi connectivity index (χ0) is 15.1. The van der Waals surface area contributed by atoms with Crippen molar-refractivity contribution in [2.45, 2.75) is 26.5 Å². The molecule has 0 fully saturated rings. The van der Waals surface area contributed by atoms with Crippen LogP contribution >= 0.6 is 0 Å². The number of aliphatic hydroxyl groups is 1. The molecule has 1 aromatic carbocycles. The minimum atomic E-state index is -0.429. The summed E-state index contributed by atoms with van der Waals surface area (Å²) in [5, 5.41) is 12.8. The van der Waals surface area contributed by atoms with Crippen LogP contribution in [0.4, 0.5) is 4.39 Å². The number of hydrogen-bond donors (Lipinski definition) is 1. The second-order valence-electron chi connectivity index (χ2n) is 4.41. The third-order valence-electron chi connectivity index (χ3n) is 2.82. The van der Waals surface area contributed by atoms with Crippen LogP contribution in [0.1, 0.15) is 24.5 Å². The number of benzene rings is 1. The summed E-state index contributed by atoms with van der Waals surface area (Å²) in [5.74, 6) is 5.38. The number of nitrogens with zero attached hydrogens (tertiary/aromatic N) is 2. The van der Waals surface area contributed by atoms with Gasteiger partial charge in [0, 0.05) is 30.8 Å². The lowest BCUT2D eigenvalue weighted by atomic mass is 10.2. The van der Waals surface area contributed by atoms with Crippen molar-refractivity contribution < 1.29 is 14.2 Å². The summed E-state index contributed by atoms with van der Waals surface area (Å²) in [7, 11) is 0. The largest absolute Gasteiger partial charge is 0.489 e. The van der Waals surface area contributed by atoms with Crippen molar-refractivity contribution in [1.29, 1.82) is 0 Å². The van der Waals surface area contributed by atoms with Gasteiger partial charge in [-0.1, -0.05) is 11.8 Å². The van der Waals surface area contributed by atoms with E-state index in [1.54, 1.807) is 23.0 Å². The Morgan fingerprint density at radius 2 is 2.29 bits per heavy atom. The van der Waals surface area contributed by atoms with Crippen LogP contribution in [0.15, 0.2) is 30.6 Å². The molecule has 0 saturated carbocycles. The van der Waals surface area contributed by atoms with Crippen LogP contribution in [-0.2, 0) is 13.2 Å². The van der Waals surface area contributed by atoms with Crippen molar-refractivity contribution in [3.63, 3.8) is 0 Å². The third kappa shape index (κ3) is 4.33. The van der Waals surface area contributed by atoms with E-state index in [1.165, 1.54) is 6.07 Å². The number of ether oxygens (including phenoxy) is 1. The standard InChI is InChI=1S/C16H17FN2O2/c1-2-19-11-13(10-18-19)12-21-15-7-6-14(16(17)9-15)5-3-4-8-20/h6-7,9-11,20H,2,4,8,12H2,1H3. The molecule has 110 valence electrons. The van der Waals surface area contributed by atoms with Crippen molar-refractivity contribution in [3.8, 4) is 17.6 Å². The van der Waals surface area contributed by atoms with Crippen molar-refractivity contribution in [1.82, 2.24) is 9.78 Å². The topological polar surface area (TPSA) is 47.3 Å². The second kappa shape index (κ2) is 7.46. The van der Waals surface area contributed by atoms with Crippen LogP contribution in [0.2, 0.25) is 0 Å². The zero-order valence-electron chi connectivity index (χ0n) is 11.8. The van der Waals surface area contributed by atoms with Gasteiger partial charge in [-0.15, -0.1) is 0 Å². The monoisotopic (exact) mass is 288 g/mol. The Kier molecular flexibility index (Phi) is 5.35. The van der Waals surface area contributed by atoms with E-state index in [0.717, 1.165) is 12.1 Å². The molecular formula is C16H17FN2O2. The molecule has 0 atom stereocenters. The minimum absolute atomic E-state index is 0.0265. The van der Waals surface area contributed by atoms with E-state index in [9.17, 15) is 4.39 Å². The van der Waals surface area contributed by atoms with Gasteiger partial charge < -0.3 is 9.84 Å². The highest BCUT2D eigenvalue weighted by Crippen LogP contribution is 2.17. The summed E-state index contributed by atoms with van der Waals surface area (Å²) >= 11 is 0. The van der Waals surface area contributed by atoms with Crippen LogP contribution in [0.25, 0.3) is 0 Å². The molecule has 0 aliphatic heterocycles. The summed E-state index contributed by atoms with van der Waals surface area (Å²) in [4.78, 5) is 0. The maximum absolute atomic E-state index is 13.8. The first kappa shape index (κ1) is 15.1. The number of aryl methyl sites for hydroxylation is 1. The lowest BCUT2D eigenvalue weighted by molar-refractivity contribution is 0.304. The summed E-state index contributed by atoms with van der Waals surface area (Å²) < 4.78 is 21.1. The molecular weight excluding hydrogens is 271 g/mol. The zero-order valence-corrected chi connectivity index (χ0v) is 11.8. The number of hydrogen-bond acceptors (Lipinski definition) is 3. The quantitative estimate of drug-likeness (QED) is 0.859. The van der Waals surface area contributed by atoms with Crippen LogP contribution in [0.3, 0.4) is 0 Å². The molecule has 0 saturated heterocycles. The van der Waals surface area contributed by atoms with Gasteiger partial charge in [-0.2, -0.15) is 5.10 Å². The van der Waals surface area contributed by atoms with Crippen LogP contribution in [-0.4, -0.2) is 21.5 Å². The van der Waals surface area contributed by atoms with Gasteiger partial charge in [0.1, 0.15) is 18.2 Å². The number of halogens is 1. The Bertz CT molecular complexity index is 656. The molecule has 4 nitrogen and oxygen atoms in total. The SMILES string of the molecule is CCn1cc(COc2ccc(C#CCCO)c(F)c2)cn1. The van der Waals surface area contributed by atoms with Crippen LogP contribution in [0.5, 0.6) is 5.75 Å². The van der Waals surface area contributed by atoms with Gasteiger partial charge in [-0.3, -0.25) is 4.68 Å². The van der Waals surface area contributed by atoms with Gasteiger partial charge in [-0.25, -0.2) is 4.39 Å². The lowest BCUT2D eigenvalue weighted by Crippen LogP contribution is -1.96. The Balaban J connectivity index is 1.98. The highest BCUT2D eigenvalue weighted by Gasteiger charge is 2.04. The minimum Gasteiger partial charge on any atom is -0.489 e. The van der Waals surface area contributed by atoms with E-state index in [4.69, 9.17) is 9.84 Å². The summed E-state index contributed by atoms with van der Waals surface area (Å²) in [6.07, 6.45) is 3.96. The van der Waals surface area contributed by atoms with Crippen LogP contribution in [0, 0.1) is 17.7 Å². The Labute approximate surface area is 123 Å². The van der Waals surface area contributed by atoms with E-state index < -0.39 is 5.82 Å². The highest BCUT2D eigenvalue weighted by atomic mass is 19.1. The molecule has 21 heavy (non-hydrogen) atoms. The molecule has 2 aromatic rings. The second-order valence-corrected chi connectivity index (χ2v) is 4.41. The maximum atomic E-state index is 13.8. The molecule has 0 unspecified atom stereocenters. The molecule has 0 aliphatic rings. The van der Waals surface area contributed by atoms with E-state index in [1.807, 2.05) is 13.1 Å². The van der Waals surface area contributed by atoms with Gasteiger partial charge in [-0.05, 0) is 19.1 Å². The Morgan fingerprint density at radius 1 is 1.43 bits per heavy atom. The van der Waals surface area contributed by atoms with Gasteiger partial charge in [0.05, 0.1) is 18.4 Å². The fraction of sp³-hybridized carbons (Fsp3) is 0.312. The molecule has 0 amide bonds. The first-order valence-corrected chi connectivity index (χ1v) is 6.76. The maximum Gasteiger partial charge on any atom is 0.142 e. The van der Waals surface area contributed by atoms with Gasteiger partial charge in [0.25, 0.3) is 0 Å². The Hall–Kier alpha value is -2.32. The third-order valence-corrected chi connectivity index (χ3v) is 2.82. The predicted molar refractivity (Wildman–Crippen MR) is 77.2 cm³/mol. The molecule has 0 bridgehead atoms. The predicted octanol–water partition coefficient (Wildman–Crippen LogP) is 2.36. The van der Waals surface area contributed by atoms with E-state index in [2.05, 4.69) is 16.9 Å². The number of aromatic nitrogens is 2. The first-order valence-electron chi connectivity index (χ1n) is 6.76. The normalized spacial score (nSPS) is 10.0. The molecule has 5 heteroatoms. The van der Waals surface area contributed by atoms with Crippen molar-refractivity contribution in [3.05, 3.63) is 47.5 Å². The average Bonchev–Trinajstić information content (AvgIpc) is 2.95. The first-order chi connectivity index (χ1) is 10.2. The van der Waals surface area contributed by atoms with Crippen molar-refractivity contribution in [2.24, 2.45) is 0 Å². The van der Waals surface area contributed by atoms with E-state index in [0.29, 0.717) is 24.3 Å². The fourth-order valence-corrected chi connectivity index (χ4v) is 1.72. The van der Waals surface area contributed by atoms with Crippen LogP contribution < -0.4 is 4.74 Å². The van der Waals surface area contributed by atoms with Crippen molar-refractivity contribution >= 4 is 0 Å². The summed E-state index contributed by atoms with van der Waals surface area (Å²) in [6.45, 7) is 3.12. The molecule has 0 radical (unpaired) electrons. The summed E-state index contributed by atoms with van der Waals surface area (Å²) in [6, 6.07) is 4.56. The molecule has 1 N–H and O–H groups in total. The van der Waals surface area contributed by atoms with Gasteiger partial charge in [0.2, 0.25) is 0 Å². The fourth-order valence-electron chi connectivity index (χ4n) is 1.72. The van der Waals surface area contributed by atoms with Crippen molar-refractivity contribution in [2.75, 3.05) is 6.61 Å². The molecule has 0 aliphatic carbocycles. The number of aliphatic hydroxyl groups excluding tert-OH is 1. The van der Waals surface area contributed by atoms with E-state index in [-0.39, 0.29) is 6.61 Å². The molecule has 2 rings (SSSR count). The lowest BCUT2D eigenvalue weighted by Gasteiger charge is -2.05. The van der Waals surface area contributed by atoms with Gasteiger partial charge in [0.15, 0.2) is 0 Å². The Morgan fingerprint density at radius 3 is 2.95 bits per heavy atom. The average molecular weight is 288 g/mol. The smallest absolute Gasteiger partial charge is 0.142 e. The molecule has 1 heterocycles.